The minimum Gasteiger partial charge on any atom is -0.369 e. The first-order valence-electron chi connectivity index (χ1n) is 6.83. The number of anilines is 1. The third-order valence-electron chi connectivity index (χ3n) is 4.37. The van der Waals surface area contributed by atoms with Gasteiger partial charge in [-0.25, -0.2) is 9.97 Å². The predicted octanol–water partition coefficient (Wildman–Crippen LogP) is 2.96. The number of hydrogen-bond donors (Lipinski definition) is 1. The molecule has 17 heavy (non-hydrogen) atoms. The van der Waals surface area contributed by atoms with Crippen molar-refractivity contribution in [1.29, 1.82) is 0 Å². The van der Waals surface area contributed by atoms with Gasteiger partial charge < -0.3 is 5.32 Å². The van der Waals surface area contributed by atoms with Crippen LogP contribution in [-0.4, -0.2) is 16.5 Å². The lowest BCUT2D eigenvalue weighted by atomic mass is 9.89. The van der Waals surface area contributed by atoms with Gasteiger partial charge in [0.2, 0.25) is 0 Å². The summed E-state index contributed by atoms with van der Waals surface area (Å²) in [5, 5.41) is 3.58. The molecule has 0 aromatic carbocycles. The maximum absolute atomic E-state index is 4.42. The van der Waals surface area contributed by atoms with E-state index in [-0.39, 0.29) is 0 Å². The molecule has 1 fully saturated rings. The lowest BCUT2D eigenvalue weighted by molar-refractivity contribution is 0.361. The predicted molar refractivity (Wildman–Crippen MR) is 69.1 cm³/mol. The molecule has 1 aromatic heterocycles. The second-order valence-corrected chi connectivity index (χ2v) is 5.87. The van der Waals surface area contributed by atoms with Crippen molar-refractivity contribution in [3.63, 3.8) is 0 Å². The van der Waals surface area contributed by atoms with Crippen molar-refractivity contribution in [2.75, 3.05) is 11.9 Å². The molecule has 3 nitrogen and oxygen atoms in total. The van der Waals surface area contributed by atoms with Gasteiger partial charge in [-0.1, -0.05) is 19.8 Å². The number of rotatable bonds is 3. The van der Waals surface area contributed by atoms with Crippen molar-refractivity contribution in [2.45, 2.75) is 51.9 Å². The van der Waals surface area contributed by atoms with Crippen molar-refractivity contribution >= 4 is 5.82 Å². The zero-order chi connectivity index (χ0) is 11.7. The van der Waals surface area contributed by atoms with E-state index in [9.17, 15) is 0 Å². The average molecular weight is 231 g/mol. The standard InChI is InChI=1S/C14H21N3/c1-14(7-2-3-8-14)9-15-13-11-5-4-6-12(11)16-10-17-13/h10H,2-9H2,1H3,(H,15,16,17). The van der Waals surface area contributed by atoms with E-state index in [1.807, 2.05) is 0 Å². The van der Waals surface area contributed by atoms with E-state index in [1.54, 1.807) is 6.33 Å². The Bertz CT molecular complexity index is 408. The van der Waals surface area contributed by atoms with E-state index < -0.39 is 0 Å². The smallest absolute Gasteiger partial charge is 0.132 e. The maximum Gasteiger partial charge on any atom is 0.132 e. The zero-order valence-corrected chi connectivity index (χ0v) is 10.6. The molecule has 0 bridgehead atoms. The molecule has 92 valence electrons. The summed E-state index contributed by atoms with van der Waals surface area (Å²) in [5.74, 6) is 1.10. The number of nitrogens with one attached hydrogen (secondary N) is 1. The fraction of sp³-hybridized carbons (Fsp3) is 0.714. The quantitative estimate of drug-likeness (QED) is 0.869. The van der Waals surface area contributed by atoms with Gasteiger partial charge in [-0.05, 0) is 37.5 Å². The molecule has 2 aliphatic rings. The number of fused-ring (bicyclic) bond motifs is 1. The summed E-state index contributed by atoms with van der Waals surface area (Å²) < 4.78 is 0. The summed E-state index contributed by atoms with van der Waals surface area (Å²) >= 11 is 0. The molecular weight excluding hydrogens is 210 g/mol. The highest BCUT2D eigenvalue weighted by Crippen LogP contribution is 2.37. The van der Waals surface area contributed by atoms with Gasteiger partial charge in [0.15, 0.2) is 0 Å². The lowest BCUT2D eigenvalue weighted by Crippen LogP contribution is -2.24. The van der Waals surface area contributed by atoms with E-state index >= 15 is 0 Å². The van der Waals surface area contributed by atoms with Crippen LogP contribution in [0.25, 0.3) is 0 Å². The van der Waals surface area contributed by atoms with Crippen LogP contribution in [-0.2, 0) is 12.8 Å². The molecule has 1 aromatic rings. The first-order chi connectivity index (χ1) is 8.27. The van der Waals surface area contributed by atoms with Crippen LogP contribution >= 0.6 is 0 Å². The Morgan fingerprint density at radius 1 is 1.18 bits per heavy atom. The van der Waals surface area contributed by atoms with Crippen LogP contribution in [0.1, 0.15) is 50.3 Å². The van der Waals surface area contributed by atoms with Gasteiger partial charge in [0, 0.05) is 17.8 Å². The zero-order valence-electron chi connectivity index (χ0n) is 10.6. The van der Waals surface area contributed by atoms with E-state index in [1.165, 1.54) is 43.4 Å². The minimum absolute atomic E-state index is 0.483. The highest BCUT2D eigenvalue weighted by Gasteiger charge is 2.29. The number of aryl methyl sites for hydroxylation is 1. The molecule has 0 unspecified atom stereocenters. The highest BCUT2D eigenvalue weighted by atomic mass is 15.0. The molecule has 2 aliphatic carbocycles. The van der Waals surface area contributed by atoms with Crippen LogP contribution in [0.3, 0.4) is 0 Å². The van der Waals surface area contributed by atoms with Crippen LogP contribution in [0, 0.1) is 5.41 Å². The van der Waals surface area contributed by atoms with E-state index in [0.29, 0.717) is 5.41 Å². The number of nitrogens with zero attached hydrogens (tertiary/aromatic N) is 2. The van der Waals surface area contributed by atoms with Crippen LogP contribution < -0.4 is 5.32 Å². The first kappa shape index (κ1) is 11.0. The fourth-order valence-electron chi connectivity index (χ4n) is 3.21. The average Bonchev–Trinajstić information content (AvgIpc) is 2.95. The van der Waals surface area contributed by atoms with Gasteiger partial charge >= 0.3 is 0 Å². The van der Waals surface area contributed by atoms with Crippen LogP contribution in [0.2, 0.25) is 0 Å². The van der Waals surface area contributed by atoms with Crippen molar-refractivity contribution in [1.82, 2.24) is 9.97 Å². The molecule has 1 heterocycles. The molecule has 0 amide bonds. The molecule has 1 saturated carbocycles. The lowest BCUT2D eigenvalue weighted by Gasteiger charge is -2.24. The summed E-state index contributed by atoms with van der Waals surface area (Å²) in [7, 11) is 0. The Labute approximate surface area is 103 Å². The van der Waals surface area contributed by atoms with Crippen molar-refractivity contribution < 1.29 is 0 Å². The Morgan fingerprint density at radius 2 is 2.00 bits per heavy atom. The van der Waals surface area contributed by atoms with Crippen LogP contribution in [0.5, 0.6) is 0 Å². The molecule has 3 rings (SSSR count). The summed E-state index contributed by atoms with van der Waals surface area (Å²) in [6, 6.07) is 0. The van der Waals surface area contributed by atoms with E-state index in [4.69, 9.17) is 0 Å². The van der Waals surface area contributed by atoms with E-state index in [0.717, 1.165) is 25.2 Å². The van der Waals surface area contributed by atoms with Crippen molar-refractivity contribution in [3.05, 3.63) is 17.6 Å². The van der Waals surface area contributed by atoms with Gasteiger partial charge in [0.05, 0.1) is 0 Å². The summed E-state index contributed by atoms with van der Waals surface area (Å²) in [6.07, 6.45) is 10.7. The largest absolute Gasteiger partial charge is 0.369 e. The van der Waals surface area contributed by atoms with Crippen molar-refractivity contribution in [3.8, 4) is 0 Å². The Hall–Kier alpha value is -1.12. The molecule has 0 saturated heterocycles. The third-order valence-corrected chi connectivity index (χ3v) is 4.37. The second kappa shape index (κ2) is 4.28. The molecule has 0 atom stereocenters. The minimum atomic E-state index is 0.483. The summed E-state index contributed by atoms with van der Waals surface area (Å²) in [4.78, 5) is 8.79. The first-order valence-corrected chi connectivity index (χ1v) is 6.83. The SMILES string of the molecule is CC1(CNc2ncnc3c2CCC3)CCCC1. The monoisotopic (exact) mass is 231 g/mol. The Balaban J connectivity index is 1.71. The van der Waals surface area contributed by atoms with Crippen LogP contribution in [0.4, 0.5) is 5.82 Å². The van der Waals surface area contributed by atoms with Gasteiger partial charge in [-0.15, -0.1) is 0 Å². The Morgan fingerprint density at radius 3 is 2.82 bits per heavy atom. The van der Waals surface area contributed by atoms with Gasteiger partial charge in [-0.2, -0.15) is 0 Å². The van der Waals surface area contributed by atoms with Gasteiger partial charge in [-0.3, -0.25) is 0 Å². The van der Waals surface area contributed by atoms with E-state index in [2.05, 4.69) is 22.2 Å². The number of hydrogen-bond acceptors (Lipinski definition) is 3. The fourth-order valence-corrected chi connectivity index (χ4v) is 3.21. The van der Waals surface area contributed by atoms with Gasteiger partial charge in [0.25, 0.3) is 0 Å². The summed E-state index contributed by atoms with van der Waals surface area (Å²) in [5.41, 5.74) is 3.12. The molecule has 0 radical (unpaired) electrons. The number of aromatic nitrogens is 2. The maximum atomic E-state index is 4.42. The molecule has 0 aliphatic heterocycles. The molecule has 0 spiro atoms. The van der Waals surface area contributed by atoms with Crippen molar-refractivity contribution in [2.24, 2.45) is 5.41 Å². The third kappa shape index (κ3) is 2.15. The second-order valence-electron chi connectivity index (χ2n) is 5.87. The van der Waals surface area contributed by atoms with Gasteiger partial charge in [0.1, 0.15) is 12.1 Å². The highest BCUT2D eigenvalue weighted by molar-refractivity contribution is 5.48. The Kier molecular flexibility index (Phi) is 2.77. The molecule has 1 N–H and O–H groups in total. The normalized spacial score (nSPS) is 21.5. The molecular formula is C14H21N3. The molecule has 3 heteroatoms. The summed E-state index contributed by atoms with van der Waals surface area (Å²) in [6.45, 7) is 3.46. The van der Waals surface area contributed by atoms with Crippen LogP contribution in [0.15, 0.2) is 6.33 Å². The topological polar surface area (TPSA) is 37.8 Å².